The fourth-order valence-corrected chi connectivity index (χ4v) is 2.12. The van der Waals surface area contributed by atoms with Gasteiger partial charge in [0, 0.05) is 17.8 Å². The summed E-state index contributed by atoms with van der Waals surface area (Å²) in [5.74, 6) is 0.290. The second kappa shape index (κ2) is 7.45. The second-order valence-corrected chi connectivity index (χ2v) is 5.65. The molecule has 0 aliphatic heterocycles. The molecule has 0 bridgehead atoms. The van der Waals surface area contributed by atoms with E-state index in [0.717, 1.165) is 11.3 Å². The van der Waals surface area contributed by atoms with E-state index in [4.69, 9.17) is 5.73 Å². The average molecular weight is 311 g/mol. The highest BCUT2D eigenvalue weighted by Gasteiger charge is 2.07. The SMILES string of the molecule is CC(C)c1ccc(NC(=O)c2ccc(CNC(N)=O)cc2)cc1. The largest absolute Gasteiger partial charge is 0.352 e. The lowest BCUT2D eigenvalue weighted by molar-refractivity contribution is 0.102. The molecular formula is C18H21N3O2. The topological polar surface area (TPSA) is 84.2 Å². The van der Waals surface area contributed by atoms with Gasteiger partial charge in [0.25, 0.3) is 5.91 Å². The van der Waals surface area contributed by atoms with Crippen molar-refractivity contribution >= 4 is 17.6 Å². The summed E-state index contributed by atoms with van der Waals surface area (Å²) in [6.07, 6.45) is 0. The van der Waals surface area contributed by atoms with Gasteiger partial charge in [0.2, 0.25) is 0 Å². The van der Waals surface area contributed by atoms with Crippen LogP contribution < -0.4 is 16.4 Å². The zero-order valence-electron chi connectivity index (χ0n) is 13.3. The monoisotopic (exact) mass is 311 g/mol. The first-order chi connectivity index (χ1) is 11.0. The summed E-state index contributed by atoms with van der Waals surface area (Å²) in [7, 11) is 0. The van der Waals surface area contributed by atoms with Gasteiger partial charge in [0.15, 0.2) is 0 Å². The zero-order chi connectivity index (χ0) is 16.8. The van der Waals surface area contributed by atoms with Gasteiger partial charge in [-0.2, -0.15) is 0 Å². The van der Waals surface area contributed by atoms with Crippen molar-refractivity contribution in [2.75, 3.05) is 5.32 Å². The number of hydrogen-bond acceptors (Lipinski definition) is 2. The van der Waals surface area contributed by atoms with E-state index in [2.05, 4.69) is 24.5 Å². The molecule has 2 aromatic rings. The standard InChI is InChI=1S/C18H21N3O2/c1-12(2)14-7-9-16(10-8-14)21-17(22)15-5-3-13(4-6-15)11-20-18(19)23/h3-10,12H,11H2,1-2H3,(H,21,22)(H3,19,20,23). The van der Waals surface area contributed by atoms with Crippen LogP contribution in [0, 0.1) is 0 Å². The molecule has 0 aliphatic rings. The maximum absolute atomic E-state index is 12.2. The molecule has 5 nitrogen and oxygen atoms in total. The Balaban J connectivity index is 1.98. The summed E-state index contributed by atoms with van der Waals surface area (Å²) in [5.41, 5.74) is 8.45. The summed E-state index contributed by atoms with van der Waals surface area (Å²) in [6, 6.07) is 14.3. The number of urea groups is 1. The van der Waals surface area contributed by atoms with Gasteiger partial charge in [-0.3, -0.25) is 4.79 Å². The third kappa shape index (κ3) is 4.85. The van der Waals surface area contributed by atoms with E-state index < -0.39 is 6.03 Å². The van der Waals surface area contributed by atoms with Crippen LogP contribution in [0.1, 0.15) is 41.3 Å². The van der Waals surface area contributed by atoms with Crippen LogP contribution in [-0.4, -0.2) is 11.9 Å². The highest BCUT2D eigenvalue weighted by molar-refractivity contribution is 6.04. The van der Waals surface area contributed by atoms with Crippen LogP contribution in [0.15, 0.2) is 48.5 Å². The van der Waals surface area contributed by atoms with E-state index in [9.17, 15) is 9.59 Å². The molecule has 0 unspecified atom stereocenters. The predicted octanol–water partition coefficient (Wildman–Crippen LogP) is 3.23. The fraction of sp³-hybridized carbons (Fsp3) is 0.222. The molecule has 3 amide bonds. The van der Waals surface area contributed by atoms with E-state index in [1.807, 2.05) is 24.3 Å². The molecule has 0 atom stereocenters. The minimum Gasteiger partial charge on any atom is -0.352 e. The van der Waals surface area contributed by atoms with Crippen molar-refractivity contribution in [3.8, 4) is 0 Å². The summed E-state index contributed by atoms with van der Waals surface area (Å²) in [4.78, 5) is 22.9. The number of amides is 3. The lowest BCUT2D eigenvalue weighted by Gasteiger charge is -2.09. The third-order valence-electron chi connectivity index (χ3n) is 3.52. The van der Waals surface area contributed by atoms with Gasteiger partial charge in [-0.15, -0.1) is 0 Å². The summed E-state index contributed by atoms with van der Waals surface area (Å²) >= 11 is 0. The summed E-state index contributed by atoms with van der Waals surface area (Å²) < 4.78 is 0. The molecule has 0 radical (unpaired) electrons. The highest BCUT2D eigenvalue weighted by Crippen LogP contribution is 2.17. The highest BCUT2D eigenvalue weighted by atomic mass is 16.2. The van der Waals surface area contributed by atoms with Gasteiger partial charge >= 0.3 is 6.03 Å². The van der Waals surface area contributed by atoms with Crippen molar-refractivity contribution in [1.82, 2.24) is 5.32 Å². The maximum atomic E-state index is 12.2. The lowest BCUT2D eigenvalue weighted by Crippen LogP contribution is -2.28. The van der Waals surface area contributed by atoms with Crippen molar-refractivity contribution in [2.45, 2.75) is 26.3 Å². The average Bonchev–Trinajstić information content (AvgIpc) is 2.54. The number of nitrogens with two attached hydrogens (primary N) is 1. The van der Waals surface area contributed by atoms with Crippen LogP contribution in [-0.2, 0) is 6.54 Å². The maximum Gasteiger partial charge on any atom is 0.312 e. The molecule has 23 heavy (non-hydrogen) atoms. The van der Waals surface area contributed by atoms with Crippen molar-refractivity contribution in [1.29, 1.82) is 0 Å². The van der Waals surface area contributed by atoms with Gasteiger partial charge in [-0.05, 0) is 41.3 Å². The molecule has 0 fully saturated rings. The van der Waals surface area contributed by atoms with Crippen LogP contribution in [0.2, 0.25) is 0 Å². The Bertz CT molecular complexity index is 676. The van der Waals surface area contributed by atoms with Crippen LogP contribution in [0.25, 0.3) is 0 Å². The molecule has 2 rings (SSSR count). The van der Waals surface area contributed by atoms with E-state index in [0.29, 0.717) is 18.0 Å². The van der Waals surface area contributed by atoms with Crippen LogP contribution in [0.5, 0.6) is 0 Å². The minimum absolute atomic E-state index is 0.170. The van der Waals surface area contributed by atoms with Crippen molar-refractivity contribution in [3.63, 3.8) is 0 Å². The second-order valence-electron chi connectivity index (χ2n) is 5.65. The number of benzene rings is 2. The molecule has 0 aromatic heterocycles. The number of anilines is 1. The van der Waals surface area contributed by atoms with Gasteiger partial charge in [-0.1, -0.05) is 38.1 Å². The minimum atomic E-state index is -0.573. The van der Waals surface area contributed by atoms with Gasteiger partial charge in [-0.25, -0.2) is 4.79 Å². The number of primary amides is 1. The van der Waals surface area contributed by atoms with Gasteiger partial charge in [0.05, 0.1) is 0 Å². The normalized spacial score (nSPS) is 10.4. The molecule has 5 heteroatoms. The molecule has 0 heterocycles. The van der Waals surface area contributed by atoms with Gasteiger partial charge in [0.1, 0.15) is 0 Å². The van der Waals surface area contributed by atoms with E-state index in [1.54, 1.807) is 24.3 Å². The molecule has 4 N–H and O–H groups in total. The van der Waals surface area contributed by atoms with Crippen molar-refractivity contribution in [3.05, 3.63) is 65.2 Å². The van der Waals surface area contributed by atoms with Crippen molar-refractivity contribution in [2.24, 2.45) is 5.73 Å². The molecular weight excluding hydrogens is 290 g/mol. The molecule has 120 valence electrons. The van der Waals surface area contributed by atoms with E-state index in [1.165, 1.54) is 5.56 Å². The Morgan fingerprint density at radius 1 is 1.00 bits per heavy atom. The quantitative estimate of drug-likeness (QED) is 0.792. The summed E-state index contributed by atoms with van der Waals surface area (Å²) in [6.45, 7) is 4.60. The van der Waals surface area contributed by atoms with Crippen LogP contribution >= 0.6 is 0 Å². The Morgan fingerprint density at radius 2 is 1.61 bits per heavy atom. The number of carbonyl (C=O) groups excluding carboxylic acids is 2. The fourth-order valence-electron chi connectivity index (χ4n) is 2.12. The number of hydrogen-bond donors (Lipinski definition) is 3. The smallest absolute Gasteiger partial charge is 0.312 e. The number of rotatable bonds is 5. The van der Waals surface area contributed by atoms with Crippen LogP contribution in [0.3, 0.4) is 0 Å². The molecule has 2 aromatic carbocycles. The Labute approximate surface area is 135 Å². The first kappa shape index (κ1) is 16.5. The number of carbonyl (C=O) groups is 2. The predicted molar refractivity (Wildman–Crippen MR) is 91.3 cm³/mol. The van der Waals surface area contributed by atoms with E-state index >= 15 is 0 Å². The van der Waals surface area contributed by atoms with Crippen molar-refractivity contribution < 1.29 is 9.59 Å². The van der Waals surface area contributed by atoms with Crippen LogP contribution in [0.4, 0.5) is 10.5 Å². The van der Waals surface area contributed by atoms with Gasteiger partial charge < -0.3 is 16.4 Å². The first-order valence-electron chi connectivity index (χ1n) is 7.49. The lowest BCUT2D eigenvalue weighted by atomic mass is 10.0. The van der Waals surface area contributed by atoms with E-state index in [-0.39, 0.29) is 5.91 Å². The Hall–Kier alpha value is -2.82. The zero-order valence-corrected chi connectivity index (χ0v) is 13.3. The Kier molecular flexibility index (Phi) is 5.36. The first-order valence-corrected chi connectivity index (χ1v) is 7.49. The third-order valence-corrected chi connectivity index (χ3v) is 3.52. The number of nitrogens with one attached hydrogen (secondary N) is 2. The summed E-state index contributed by atoms with van der Waals surface area (Å²) in [5, 5.41) is 5.37. The molecule has 0 aliphatic carbocycles. The Morgan fingerprint density at radius 3 is 2.13 bits per heavy atom. The molecule has 0 spiro atoms. The molecule has 0 saturated heterocycles. The molecule has 0 saturated carbocycles.